The Hall–Kier alpha value is -2.51. The van der Waals surface area contributed by atoms with Crippen LogP contribution in [-0.2, 0) is 4.79 Å². The van der Waals surface area contributed by atoms with Gasteiger partial charge in [0.2, 0.25) is 11.8 Å². The smallest absolute Gasteiger partial charge is 0.267 e. The summed E-state index contributed by atoms with van der Waals surface area (Å²) in [4.78, 5) is 13.3. The van der Waals surface area contributed by atoms with Gasteiger partial charge in [0, 0.05) is 13.3 Å². The monoisotopic (exact) mass is 323 g/mol. The lowest BCUT2D eigenvalue weighted by molar-refractivity contribution is -0.135. The zero-order valence-electron chi connectivity index (χ0n) is 12.4. The van der Waals surface area contributed by atoms with Crippen molar-refractivity contribution in [1.82, 2.24) is 15.1 Å². The Kier molecular flexibility index (Phi) is 3.97. The Morgan fingerprint density at radius 3 is 2.78 bits per heavy atom. The van der Waals surface area contributed by atoms with Crippen LogP contribution in [0.4, 0.5) is 8.78 Å². The lowest BCUT2D eigenvalue weighted by Gasteiger charge is -2.21. The van der Waals surface area contributed by atoms with Crippen LogP contribution >= 0.6 is 0 Å². The van der Waals surface area contributed by atoms with E-state index in [-0.39, 0.29) is 18.4 Å². The molecule has 3 rings (SSSR count). The Labute approximate surface area is 131 Å². The van der Waals surface area contributed by atoms with Crippen LogP contribution in [0, 0.1) is 6.92 Å². The van der Waals surface area contributed by atoms with E-state index in [0.717, 1.165) is 4.90 Å². The average Bonchev–Trinajstić information content (AvgIpc) is 3.09. The number of benzene rings is 1. The second kappa shape index (κ2) is 5.94. The molecule has 1 amide bonds. The molecule has 1 aromatic heterocycles. The maximum absolute atomic E-state index is 13.7. The molecule has 0 N–H and O–H groups in total. The highest BCUT2D eigenvalue weighted by atomic mass is 19.3. The molecule has 1 fully saturated rings. The number of aryl methyl sites for hydroxylation is 1. The van der Waals surface area contributed by atoms with Crippen LogP contribution in [0.1, 0.15) is 24.2 Å². The molecule has 0 radical (unpaired) electrons. The predicted molar refractivity (Wildman–Crippen MR) is 75.0 cm³/mol. The number of likely N-dealkylation sites (tertiary alicyclic amines) is 1. The highest BCUT2D eigenvalue weighted by Crippen LogP contribution is 2.40. The molecule has 0 saturated carbocycles. The van der Waals surface area contributed by atoms with Gasteiger partial charge in [-0.15, -0.1) is 10.2 Å². The number of ether oxygens (including phenoxy) is 1. The van der Waals surface area contributed by atoms with E-state index in [1.54, 1.807) is 31.2 Å². The van der Waals surface area contributed by atoms with Crippen molar-refractivity contribution in [2.45, 2.75) is 25.3 Å². The van der Waals surface area contributed by atoms with Gasteiger partial charge in [-0.25, -0.2) is 8.78 Å². The molecule has 122 valence electrons. The highest BCUT2D eigenvalue weighted by molar-refractivity contribution is 5.78. The molecule has 1 saturated heterocycles. The van der Waals surface area contributed by atoms with E-state index >= 15 is 0 Å². The minimum atomic E-state index is -2.99. The fourth-order valence-corrected chi connectivity index (χ4v) is 2.49. The molecule has 23 heavy (non-hydrogen) atoms. The summed E-state index contributed by atoms with van der Waals surface area (Å²) >= 11 is 0. The van der Waals surface area contributed by atoms with E-state index in [4.69, 9.17) is 9.15 Å². The number of nitrogens with zero attached hydrogens (tertiary/aromatic N) is 3. The van der Waals surface area contributed by atoms with Crippen molar-refractivity contribution < 1.29 is 22.7 Å². The number of para-hydroxylation sites is 1. The number of alkyl halides is 2. The van der Waals surface area contributed by atoms with Crippen molar-refractivity contribution in [2.75, 3.05) is 13.2 Å². The van der Waals surface area contributed by atoms with Crippen LogP contribution in [0.5, 0.6) is 5.75 Å². The number of carbonyl (C=O) groups excluding carboxylic acids is 1. The Morgan fingerprint density at radius 1 is 1.39 bits per heavy atom. The van der Waals surface area contributed by atoms with Crippen molar-refractivity contribution in [3.8, 4) is 5.75 Å². The van der Waals surface area contributed by atoms with Crippen molar-refractivity contribution in [3.05, 3.63) is 42.1 Å². The largest absolute Gasteiger partial charge is 0.484 e. The van der Waals surface area contributed by atoms with E-state index < -0.39 is 30.8 Å². The molecule has 1 aliphatic rings. The van der Waals surface area contributed by atoms with Crippen molar-refractivity contribution in [3.63, 3.8) is 0 Å². The number of carbonyl (C=O) groups is 1. The molecule has 2 aromatic rings. The summed E-state index contributed by atoms with van der Waals surface area (Å²) in [6, 6.07) is 7.76. The molecule has 6 nitrogen and oxygen atoms in total. The maximum Gasteiger partial charge on any atom is 0.267 e. The number of halogens is 2. The van der Waals surface area contributed by atoms with Gasteiger partial charge in [0.05, 0.1) is 6.54 Å². The van der Waals surface area contributed by atoms with Crippen molar-refractivity contribution in [2.24, 2.45) is 0 Å². The van der Waals surface area contributed by atoms with Gasteiger partial charge in [0.25, 0.3) is 11.8 Å². The van der Waals surface area contributed by atoms with Crippen molar-refractivity contribution in [1.29, 1.82) is 0 Å². The number of aromatic nitrogens is 2. The minimum absolute atomic E-state index is 0.0211. The molecule has 1 aliphatic heterocycles. The SMILES string of the molecule is Cc1nnc([C@@H]2CC(F)(F)CN2C(=O)COc2ccccc2)o1. The lowest BCUT2D eigenvalue weighted by atomic mass is 10.2. The molecular weight excluding hydrogens is 308 g/mol. The molecule has 0 unspecified atom stereocenters. The van der Waals surface area contributed by atoms with Gasteiger partial charge in [0.15, 0.2) is 6.61 Å². The third-order valence-corrected chi connectivity index (χ3v) is 3.52. The summed E-state index contributed by atoms with van der Waals surface area (Å²) in [5.74, 6) is -2.75. The number of amides is 1. The average molecular weight is 323 g/mol. The van der Waals surface area contributed by atoms with E-state index in [2.05, 4.69) is 10.2 Å². The van der Waals surface area contributed by atoms with Gasteiger partial charge in [-0.2, -0.15) is 0 Å². The van der Waals surface area contributed by atoms with Gasteiger partial charge in [-0.05, 0) is 12.1 Å². The summed E-state index contributed by atoms with van der Waals surface area (Å²) in [7, 11) is 0. The minimum Gasteiger partial charge on any atom is -0.484 e. The zero-order chi connectivity index (χ0) is 16.4. The third-order valence-electron chi connectivity index (χ3n) is 3.52. The standard InChI is InChI=1S/C15H15F2N3O3/c1-10-18-19-14(23-10)12-7-15(16,17)9-20(12)13(21)8-22-11-5-3-2-4-6-11/h2-6,12H,7-9H2,1H3/t12-/m0/s1. The molecule has 0 spiro atoms. The molecule has 8 heteroatoms. The molecule has 2 heterocycles. The summed E-state index contributed by atoms with van der Waals surface area (Å²) < 4.78 is 38.0. The first-order chi connectivity index (χ1) is 10.9. The quantitative estimate of drug-likeness (QED) is 0.864. The molecule has 0 bridgehead atoms. The predicted octanol–water partition coefficient (Wildman–Crippen LogP) is 2.37. The first-order valence-electron chi connectivity index (χ1n) is 7.10. The number of hydrogen-bond donors (Lipinski definition) is 0. The fourth-order valence-electron chi connectivity index (χ4n) is 2.49. The normalized spacial score (nSPS) is 19.8. The summed E-state index contributed by atoms with van der Waals surface area (Å²) in [5, 5.41) is 7.40. The molecular formula is C15H15F2N3O3. The summed E-state index contributed by atoms with van der Waals surface area (Å²) in [6.45, 7) is 0.550. The van der Waals surface area contributed by atoms with Gasteiger partial charge in [-0.3, -0.25) is 4.79 Å². The zero-order valence-corrected chi connectivity index (χ0v) is 12.4. The lowest BCUT2D eigenvalue weighted by Crippen LogP contribution is -2.36. The second-order valence-corrected chi connectivity index (χ2v) is 5.36. The fraction of sp³-hybridized carbons (Fsp3) is 0.400. The Bertz CT molecular complexity index is 690. The maximum atomic E-state index is 13.7. The summed E-state index contributed by atoms with van der Waals surface area (Å²) in [5.41, 5.74) is 0. The van der Waals surface area contributed by atoms with Gasteiger partial charge in [0.1, 0.15) is 11.8 Å². The third kappa shape index (κ3) is 3.46. The van der Waals surface area contributed by atoms with Crippen LogP contribution in [0.25, 0.3) is 0 Å². The van der Waals surface area contributed by atoms with E-state index in [9.17, 15) is 13.6 Å². The molecule has 1 atom stereocenters. The van der Waals surface area contributed by atoms with Crippen LogP contribution in [-0.4, -0.2) is 40.1 Å². The second-order valence-electron chi connectivity index (χ2n) is 5.36. The van der Waals surface area contributed by atoms with E-state index in [1.807, 2.05) is 6.07 Å². The number of hydrogen-bond acceptors (Lipinski definition) is 5. The van der Waals surface area contributed by atoms with Crippen LogP contribution < -0.4 is 4.74 Å². The van der Waals surface area contributed by atoms with Gasteiger partial charge < -0.3 is 14.1 Å². The van der Waals surface area contributed by atoms with Crippen LogP contribution in [0.15, 0.2) is 34.7 Å². The van der Waals surface area contributed by atoms with Crippen LogP contribution in [0.2, 0.25) is 0 Å². The van der Waals surface area contributed by atoms with Crippen molar-refractivity contribution >= 4 is 5.91 Å². The Balaban J connectivity index is 1.72. The van der Waals surface area contributed by atoms with E-state index in [1.165, 1.54) is 0 Å². The summed E-state index contributed by atoms with van der Waals surface area (Å²) in [6.07, 6.45) is -0.536. The first kappa shape index (κ1) is 15.4. The topological polar surface area (TPSA) is 68.5 Å². The van der Waals surface area contributed by atoms with Crippen LogP contribution in [0.3, 0.4) is 0 Å². The van der Waals surface area contributed by atoms with Gasteiger partial charge in [-0.1, -0.05) is 18.2 Å². The van der Waals surface area contributed by atoms with E-state index in [0.29, 0.717) is 5.75 Å². The van der Waals surface area contributed by atoms with Gasteiger partial charge >= 0.3 is 0 Å². The molecule has 0 aliphatic carbocycles. The molecule has 1 aromatic carbocycles. The highest BCUT2D eigenvalue weighted by Gasteiger charge is 2.49. The Morgan fingerprint density at radius 2 is 2.13 bits per heavy atom. The number of rotatable bonds is 4. The first-order valence-corrected chi connectivity index (χ1v) is 7.10.